The minimum atomic E-state index is -4.52. The highest BCUT2D eigenvalue weighted by atomic mass is 19.4. The summed E-state index contributed by atoms with van der Waals surface area (Å²) in [7, 11) is 0. The number of fused-ring (bicyclic) bond motifs is 1. The highest BCUT2D eigenvalue weighted by Crippen LogP contribution is 2.45. The molecule has 2 saturated heterocycles. The summed E-state index contributed by atoms with van der Waals surface area (Å²) in [6.45, 7) is 3.81. The maximum absolute atomic E-state index is 13.6. The van der Waals surface area contributed by atoms with Gasteiger partial charge in [-0.1, -0.05) is 0 Å². The van der Waals surface area contributed by atoms with Gasteiger partial charge in [-0.3, -0.25) is 14.5 Å². The summed E-state index contributed by atoms with van der Waals surface area (Å²) in [6.07, 6.45) is 6.83. The van der Waals surface area contributed by atoms with Crippen LogP contribution in [0.15, 0.2) is 43.1 Å². The van der Waals surface area contributed by atoms with Gasteiger partial charge in [-0.05, 0) is 62.9 Å². The number of aromatic nitrogens is 6. The second kappa shape index (κ2) is 10.9. The van der Waals surface area contributed by atoms with Gasteiger partial charge in [0.1, 0.15) is 23.8 Å². The molecule has 0 bridgehead atoms. The van der Waals surface area contributed by atoms with Crippen molar-refractivity contribution in [2.75, 3.05) is 26.2 Å². The summed E-state index contributed by atoms with van der Waals surface area (Å²) in [5, 5.41) is 15.2. The van der Waals surface area contributed by atoms with Crippen LogP contribution in [-0.2, 0) is 18.3 Å². The Balaban J connectivity index is 0.986. The van der Waals surface area contributed by atoms with Crippen molar-refractivity contribution in [2.45, 2.75) is 68.9 Å². The summed E-state index contributed by atoms with van der Waals surface area (Å²) in [5.74, 6) is 0.0515. The number of pyridine rings is 1. The van der Waals surface area contributed by atoms with E-state index in [1.54, 1.807) is 12.3 Å². The summed E-state index contributed by atoms with van der Waals surface area (Å²) < 4.78 is 48.6. The van der Waals surface area contributed by atoms with Crippen LogP contribution < -0.4 is 4.74 Å². The Bertz CT molecular complexity index is 1640. The van der Waals surface area contributed by atoms with Crippen LogP contribution in [0.4, 0.5) is 13.2 Å². The number of likely N-dealkylation sites (tertiary alicyclic amines) is 2. The molecule has 0 aromatic carbocycles. The van der Waals surface area contributed by atoms with Crippen molar-refractivity contribution < 1.29 is 17.9 Å². The number of hydrogen-bond donors (Lipinski definition) is 1. The molecule has 4 aromatic rings. The molecule has 1 N–H and O–H groups in total. The summed E-state index contributed by atoms with van der Waals surface area (Å²) >= 11 is 0. The van der Waals surface area contributed by atoms with Gasteiger partial charge in [0.25, 0.3) is 0 Å². The van der Waals surface area contributed by atoms with E-state index in [4.69, 9.17) is 4.74 Å². The molecule has 3 fully saturated rings. The van der Waals surface area contributed by atoms with Crippen LogP contribution in [0.1, 0.15) is 49.8 Å². The molecule has 43 heavy (non-hydrogen) atoms. The van der Waals surface area contributed by atoms with Gasteiger partial charge in [-0.25, -0.2) is 15.0 Å². The molecule has 0 radical (unpaired) electrons. The van der Waals surface area contributed by atoms with E-state index in [2.05, 4.69) is 40.9 Å². The number of halogens is 3. The predicted molar refractivity (Wildman–Crippen MR) is 151 cm³/mol. The first-order valence-electron chi connectivity index (χ1n) is 14.7. The Labute approximate surface area is 246 Å². The number of ether oxygens (including phenoxy) is 1. The van der Waals surface area contributed by atoms with Crippen LogP contribution in [0.3, 0.4) is 0 Å². The van der Waals surface area contributed by atoms with E-state index in [0.29, 0.717) is 37.4 Å². The summed E-state index contributed by atoms with van der Waals surface area (Å²) in [5.41, 5.74) is 1.73. The lowest BCUT2D eigenvalue weighted by molar-refractivity contribution is -0.141. The lowest BCUT2D eigenvalue weighted by Crippen LogP contribution is -2.58. The number of aromatic amines is 1. The molecular weight excluding hydrogens is 559 g/mol. The molecule has 224 valence electrons. The normalized spacial score (nSPS) is 23.5. The molecule has 10 nitrogen and oxygen atoms in total. The number of H-pyrrole nitrogens is 1. The third kappa shape index (κ3) is 5.45. The standard InChI is InChI=1S/C30H32F3N9O/c31-30(32,33)25-12-20(17-40-8-1-9-40)13-26(39-25)43-23-3-10-41(11-4-23)22-14-29(15-22,5-6-34)42-18-21(16-38-42)27-24-2-7-35-28(24)37-19-36-27/h2,7,12-13,16,18-19,22-23H,1,3-5,8-11,14-15,17H2,(H,35,36,37)/t22-,29-. The minimum absolute atomic E-state index is 0.0515. The third-order valence-corrected chi connectivity index (χ3v) is 9.12. The number of piperidine rings is 1. The molecule has 0 amide bonds. The topological polar surface area (TPSA) is 112 Å². The maximum Gasteiger partial charge on any atom is 0.433 e. The monoisotopic (exact) mass is 591 g/mol. The molecule has 6 heterocycles. The third-order valence-electron chi connectivity index (χ3n) is 9.12. The van der Waals surface area contributed by atoms with Crippen LogP contribution in [0.2, 0.25) is 0 Å². The summed E-state index contributed by atoms with van der Waals surface area (Å²) in [4.78, 5) is 20.2. The Morgan fingerprint density at radius 1 is 1.12 bits per heavy atom. The number of nitriles is 1. The Kier molecular flexibility index (Phi) is 7.05. The van der Waals surface area contributed by atoms with Gasteiger partial charge >= 0.3 is 6.18 Å². The first-order valence-corrected chi connectivity index (χ1v) is 14.7. The van der Waals surface area contributed by atoms with Crippen molar-refractivity contribution in [1.82, 2.24) is 39.5 Å². The SMILES string of the molecule is N#CC[C@]1(n2cc(-c3ncnc4[nH]ccc34)cn2)C[C@H](N2CCC(Oc3cc(CN4CCC4)cc(C(F)(F)F)n3)CC2)C1. The van der Waals surface area contributed by atoms with E-state index in [0.717, 1.165) is 73.8 Å². The van der Waals surface area contributed by atoms with Gasteiger partial charge < -0.3 is 9.72 Å². The average molecular weight is 592 g/mol. The van der Waals surface area contributed by atoms with Crippen molar-refractivity contribution in [3.05, 3.63) is 54.4 Å². The fraction of sp³-hybridized carbons (Fsp3) is 0.500. The minimum Gasteiger partial charge on any atom is -0.474 e. The second-order valence-corrected chi connectivity index (χ2v) is 11.9. The molecule has 0 unspecified atom stereocenters. The zero-order valence-corrected chi connectivity index (χ0v) is 23.6. The van der Waals surface area contributed by atoms with Crippen molar-refractivity contribution in [1.29, 1.82) is 5.26 Å². The lowest BCUT2D eigenvalue weighted by atomic mass is 9.69. The lowest BCUT2D eigenvalue weighted by Gasteiger charge is -2.52. The molecule has 1 saturated carbocycles. The van der Waals surface area contributed by atoms with Crippen LogP contribution in [-0.4, -0.2) is 77.8 Å². The maximum atomic E-state index is 13.6. The predicted octanol–water partition coefficient (Wildman–Crippen LogP) is 4.76. The number of alkyl halides is 3. The van der Waals surface area contributed by atoms with E-state index in [1.165, 1.54) is 6.33 Å². The summed E-state index contributed by atoms with van der Waals surface area (Å²) in [6, 6.07) is 7.39. The van der Waals surface area contributed by atoms with Gasteiger partial charge in [0, 0.05) is 55.1 Å². The molecule has 4 aromatic heterocycles. The molecule has 0 atom stereocenters. The van der Waals surface area contributed by atoms with Crippen LogP contribution in [0.5, 0.6) is 5.88 Å². The first-order chi connectivity index (χ1) is 20.8. The fourth-order valence-electron chi connectivity index (χ4n) is 6.63. The van der Waals surface area contributed by atoms with E-state index < -0.39 is 11.9 Å². The van der Waals surface area contributed by atoms with Gasteiger partial charge in [0.2, 0.25) is 5.88 Å². The van der Waals surface area contributed by atoms with Crippen LogP contribution >= 0.6 is 0 Å². The number of nitrogens with one attached hydrogen (secondary N) is 1. The molecule has 7 rings (SSSR count). The van der Waals surface area contributed by atoms with E-state index in [1.807, 2.05) is 23.1 Å². The Morgan fingerprint density at radius 3 is 2.65 bits per heavy atom. The van der Waals surface area contributed by atoms with Gasteiger partial charge in [0.05, 0.1) is 29.9 Å². The van der Waals surface area contributed by atoms with Crippen LogP contribution in [0.25, 0.3) is 22.3 Å². The van der Waals surface area contributed by atoms with Crippen molar-refractivity contribution >= 4 is 11.0 Å². The highest BCUT2D eigenvalue weighted by molar-refractivity contribution is 5.90. The zero-order chi connectivity index (χ0) is 29.6. The molecule has 2 aliphatic heterocycles. The van der Waals surface area contributed by atoms with Gasteiger partial charge in [-0.2, -0.15) is 23.5 Å². The molecule has 0 spiro atoms. The van der Waals surface area contributed by atoms with Gasteiger partial charge in [-0.15, -0.1) is 0 Å². The second-order valence-electron chi connectivity index (χ2n) is 11.9. The van der Waals surface area contributed by atoms with Crippen LogP contribution in [0, 0.1) is 11.3 Å². The Hall–Kier alpha value is -4.02. The number of nitrogens with zero attached hydrogens (tertiary/aromatic N) is 8. The zero-order valence-electron chi connectivity index (χ0n) is 23.6. The quantitative estimate of drug-likeness (QED) is 0.312. The molecular formula is C30H32F3N9O. The number of hydrogen-bond acceptors (Lipinski definition) is 8. The van der Waals surface area contributed by atoms with E-state index >= 15 is 0 Å². The largest absolute Gasteiger partial charge is 0.474 e. The van der Waals surface area contributed by atoms with Gasteiger partial charge in [0.15, 0.2) is 0 Å². The molecule has 1 aliphatic carbocycles. The highest BCUT2D eigenvalue weighted by Gasteiger charge is 2.49. The van der Waals surface area contributed by atoms with Crippen molar-refractivity contribution in [3.8, 4) is 23.2 Å². The smallest absolute Gasteiger partial charge is 0.433 e. The Morgan fingerprint density at radius 2 is 1.93 bits per heavy atom. The molecule has 13 heteroatoms. The van der Waals surface area contributed by atoms with E-state index in [-0.39, 0.29) is 17.5 Å². The number of rotatable bonds is 8. The molecule has 3 aliphatic rings. The first kappa shape index (κ1) is 27.8. The average Bonchev–Trinajstić information content (AvgIpc) is 3.63. The van der Waals surface area contributed by atoms with Crippen molar-refractivity contribution in [2.24, 2.45) is 0 Å². The van der Waals surface area contributed by atoms with E-state index in [9.17, 15) is 18.4 Å². The fourth-order valence-corrected chi connectivity index (χ4v) is 6.63. The van der Waals surface area contributed by atoms with Crippen molar-refractivity contribution in [3.63, 3.8) is 0 Å².